The van der Waals surface area contributed by atoms with Crippen molar-refractivity contribution in [2.75, 3.05) is 24.6 Å². The van der Waals surface area contributed by atoms with Crippen LogP contribution >= 0.6 is 23.8 Å². The molecule has 0 bridgehead atoms. The molecule has 1 aromatic rings. The maximum absolute atomic E-state index is 10.6. The molecule has 0 saturated heterocycles. The van der Waals surface area contributed by atoms with E-state index in [0.29, 0.717) is 12.8 Å². The van der Waals surface area contributed by atoms with Crippen LogP contribution in [0.3, 0.4) is 0 Å². The van der Waals surface area contributed by atoms with Gasteiger partial charge in [-0.05, 0) is 56.2 Å². The molecule has 0 N–H and O–H groups in total. The van der Waals surface area contributed by atoms with Gasteiger partial charge in [0.25, 0.3) is 0 Å². The van der Waals surface area contributed by atoms with Crippen molar-refractivity contribution in [1.29, 1.82) is 0 Å². The zero-order valence-electron chi connectivity index (χ0n) is 25.3. The van der Waals surface area contributed by atoms with Crippen LogP contribution < -0.4 is 153 Å². The molecule has 0 aromatic heterocycles. The number of benzene rings is 1. The fraction of sp³-hybridized carbons (Fsp3) is 0.769. The second-order valence-corrected chi connectivity index (χ2v) is 15.5. The molecule has 1 aromatic carbocycles. The molecule has 0 fully saturated rings. The summed E-state index contributed by atoms with van der Waals surface area (Å²) in [6.07, 6.45) is 18.9. The molecule has 0 spiro atoms. The van der Waals surface area contributed by atoms with Gasteiger partial charge in [-0.3, -0.25) is 0 Å². The van der Waals surface area contributed by atoms with E-state index in [2.05, 4.69) is 30.3 Å². The Hall–Kier alpha value is 4.27. The molecule has 39 heavy (non-hydrogen) atoms. The van der Waals surface area contributed by atoms with Crippen LogP contribution in [0.15, 0.2) is 30.3 Å². The normalized spacial score (nSPS) is 11.3. The molecule has 204 valence electrons. The summed E-state index contributed by atoms with van der Waals surface area (Å²) in [6.45, 7) is 0. The maximum Gasteiger partial charge on any atom is 1.00 e. The standard InChI is InChI=1S/C26H49O6P3.4Na/c27-34(28,29)24-18-11-7-3-1-5-9-16-22-33(26-20-14-13-15-21-26)23-17-10-6-2-4-8-12-19-25-35(30,31)32;;;;/h13-15,20-21H,1-12,16-19,22-25H2,(H2,27,28,29)(H2,30,31,32);;;;/q;4*+1/p-4. The summed E-state index contributed by atoms with van der Waals surface area (Å²) in [5, 5.41) is 1.51. The van der Waals surface area contributed by atoms with Gasteiger partial charge in [-0.25, -0.2) is 0 Å². The van der Waals surface area contributed by atoms with Gasteiger partial charge in [0, 0.05) is 12.3 Å². The molecule has 0 aliphatic heterocycles. The Kier molecular flexibility index (Phi) is 41.4. The smallest absolute Gasteiger partial charge is 0.688 e. The molecule has 0 aliphatic rings. The number of unbranched alkanes of at least 4 members (excludes halogenated alkanes) is 14. The van der Waals surface area contributed by atoms with Crippen molar-refractivity contribution >= 4 is 29.1 Å². The van der Waals surface area contributed by atoms with E-state index in [0.717, 1.165) is 38.5 Å². The fourth-order valence-electron chi connectivity index (χ4n) is 4.35. The Morgan fingerprint density at radius 2 is 0.692 bits per heavy atom. The van der Waals surface area contributed by atoms with E-state index >= 15 is 0 Å². The summed E-state index contributed by atoms with van der Waals surface area (Å²) in [6, 6.07) is 10.9. The van der Waals surface area contributed by atoms with Gasteiger partial charge >= 0.3 is 118 Å². The van der Waals surface area contributed by atoms with E-state index in [9.17, 15) is 29.4 Å². The molecule has 0 atom stereocenters. The van der Waals surface area contributed by atoms with Crippen LogP contribution in [-0.4, -0.2) is 24.6 Å². The van der Waals surface area contributed by atoms with Crippen molar-refractivity contribution in [1.82, 2.24) is 0 Å². The third kappa shape index (κ3) is 35.0. The Bertz CT molecular complexity index is 592. The largest absolute Gasteiger partial charge is 1.00 e. The molecule has 0 radical (unpaired) electrons. The summed E-state index contributed by atoms with van der Waals surface area (Å²) >= 11 is 0. The fourth-order valence-corrected chi connectivity index (χ4v) is 8.11. The first kappa shape index (κ1) is 50.1. The zero-order chi connectivity index (χ0) is 25.8. The molecular formula is C26H45Na4O6P3. The molecule has 1 rings (SSSR count). The van der Waals surface area contributed by atoms with Crippen molar-refractivity contribution < 1.29 is 148 Å². The van der Waals surface area contributed by atoms with Crippen LogP contribution in [0, 0.1) is 0 Å². The average molecular weight is 639 g/mol. The van der Waals surface area contributed by atoms with Crippen LogP contribution in [0.1, 0.15) is 103 Å². The summed E-state index contributed by atoms with van der Waals surface area (Å²) in [7, 11) is -8.75. The van der Waals surface area contributed by atoms with Crippen molar-refractivity contribution in [2.45, 2.75) is 103 Å². The Morgan fingerprint density at radius 3 is 1.00 bits per heavy atom. The molecule has 13 heteroatoms. The van der Waals surface area contributed by atoms with Gasteiger partial charge in [0.15, 0.2) is 0 Å². The topological polar surface area (TPSA) is 138 Å². The van der Waals surface area contributed by atoms with Gasteiger partial charge in [0.2, 0.25) is 0 Å². The summed E-state index contributed by atoms with van der Waals surface area (Å²) < 4.78 is 0. The van der Waals surface area contributed by atoms with Gasteiger partial charge in [0.05, 0.1) is 0 Å². The summed E-state index contributed by atoms with van der Waals surface area (Å²) in [5.41, 5.74) is 0. The van der Waals surface area contributed by atoms with Crippen LogP contribution in [0.25, 0.3) is 0 Å². The van der Waals surface area contributed by atoms with Gasteiger partial charge in [0.1, 0.15) is 0 Å². The first-order chi connectivity index (χ1) is 16.7. The van der Waals surface area contributed by atoms with Crippen molar-refractivity contribution in [3.05, 3.63) is 30.3 Å². The molecule has 6 nitrogen and oxygen atoms in total. The SMILES string of the molecule is [Na+].[Na+].[Na+].[Na+].[O-][P+]([O-])([O-])CCCCCCCCCCP(CCCCCCCCCC[P+]([O-])([O-])[O-])c1ccccc1. The minimum Gasteiger partial charge on any atom is -0.688 e. The Morgan fingerprint density at radius 1 is 0.410 bits per heavy atom. The van der Waals surface area contributed by atoms with E-state index in [-0.39, 0.29) is 138 Å². The van der Waals surface area contributed by atoms with E-state index in [4.69, 9.17) is 0 Å². The zero-order valence-corrected chi connectivity index (χ0v) is 36.0. The first-order valence-electron chi connectivity index (χ1n) is 13.5. The minimum absolute atomic E-state index is 0. The third-order valence-corrected chi connectivity index (χ3v) is 10.8. The monoisotopic (exact) mass is 638 g/mol. The second-order valence-electron chi connectivity index (χ2n) is 9.65. The van der Waals surface area contributed by atoms with E-state index in [1.807, 2.05) is 0 Å². The van der Waals surface area contributed by atoms with E-state index in [1.165, 1.54) is 69.0 Å². The van der Waals surface area contributed by atoms with E-state index < -0.39 is 15.9 Å². The van der Waals surface area contributed by atoms with E-state index in [1.54, 1.807) is 0 Å². The Balaban J connectivity index is -0.00000153. The molecule has 0 heterocycles. The van der Waals surface area contributed by atoms with Crippen molar-refractivity contribution in [3.8, 4) is 0 Å². The molecule has 0 unspecified atom stereocenters. The number of hydrogen-bond donors (Lipinski definition) is 0. The summed E-state index contributed by atoms with van der Waals surface area (Å²) in [4.78, 5) is 63.8. The second kappa shape index (κ2) is 32.2. The van der Waals surface area contributed by atoms with Crippen LogP contribution in [0.2, 0.25) is 0 Å². The van der Waals surface area contributed by atoms with Crippen molar-refractivity contribution in [3.63, 3.8) is 0 Å². The van der Waals surface area contributed by atoms with Gasteiger partial charge in [-0.2, -0.15) is 15.9 Å². The van der Waals surface area contributed by atoms with Crippen LogP contribution in [-0.2, 0) is 0 Å². The van der Waals surface area contributed by atoms with Gasteiger partial charge < -0.3 is 29.4 Å². The number of hydrogen-bond acceptors (Lipinski definition) is 6. The quantitative estimate of drug-likeness (QED) is 0.0664. The van der Waals surface area contributed by atoms with Gasteiger partial charge in [-0.15, -0.1) is 0 Å². The predicted molar refractivity (Wildman–Crippen MR) is 140 cm³/mol. The first-order valence-corrected chi connectivity index (χ1v) is 18.7. The molecule has 0 aliphatic carbocycles. The number of rotatable bonds is 23. The predicted octanol–water partition coefficient (Wildman–Crippen LogP) is -9.26. The van der Waals surface area contributed by atoms with Crippen molar-refractivity contribution in [2.24, 2.45) is 0 Å². The molecule has 0 saturated carbocycles. The van der Waals surface area contributed by atoms with Crippen LogP contribution in [0.4, 0.5) is 0 Å². The average Bonchev–Trinajstić information content (AvgIpc) is 2.79. The maximum atomic E-state index is 10.6. The third-order valence-electron chi connectivity index (χ3n) is 6.34. The molecular weight excluding hydrogens is 593 g/mol. The Labute approximate surface area is 329 Å². The summed E-state index contributed by atoms with van der Waals surface area (Å²) in [5.74, 6) is 0. The van der Waals surface area contributed by atoms with Crippen LogP contribution in [0.5, 0.6) is 0 Å². The molecule has 0 amide bonds. The minimum atomic E-state index is -4.32. The van der Waals surface area contributed by atoms with Gasteiger partial charge in [-0.1, -0.05) is 102 Å².